The maximum Gasteiger partial charge on any atom is 0.116 e. The van der Waals surface area contributed by atoms with Crippen molar-refractivity contribution in [3.63, 3.8) is 0 Å². The van der Waals surface area contributed by atoms with Crippen molar-refractivity contribution in [3.05, 3.63) is 49.1 Å². The molecular formula is C14H9N3. The normalized spacial score (nSPS) is 11.5. The van der Waals surface area contributed by atoms with E-state index in [9.17, 15) is 0 Å². The van der Waals surface area contributed by atoms with Gasteiger partial charge in [-0.1, -0.05) is 18.2 Å². The zero-order valence-electron chi connectivity index (χ0n) is 9.01. The number of fused-ring (bicyclic) bond motifs is 5. The summed E-state index contributed by atoms with van der Waals surface area (Å²) in [6.07, 6.45) is 5.42. The second-order valence-electron chi connectivity index (χ2n) is 4.13. The summed E-state index contributed by atoms with van der Waals surface area (Å²) >= 11 is 0. The summed E-state index contributed by atoms with van der Waals surface area (Å²) in [4.78, 5) is 11.7. The Balaban J connectivity index is 2.41. The summed E-state index contributed by atoms with van der Waals surface area (Å²) in [5.41, 5.74) is 2.16. The smallest absolute Gasteiger partial charge is 0.116 e. The highest BCUT2D eigenvalue weighted by Crippen LogP contribution is 2.29. The van der Waals surface area contributed by atoms with Crippen LogP contribution < -0.4 is 0 Å². The second kappa shape index (κ2) is 3.04. The van der Waals surface area contributed by atoms with Gasteiger partial charge >= 0.3 is 0 Å². The SMILES string of the molecule is c1ncc2ccc3ccc4[nH]ccc4c3c2n1. The molecule has 1 N–H and O–H groups in total. The molecule has 80 valence electrons. The van der Waals surface area contributed by atoms with Crippen LogP contribution in [0.1, 0.15) is 0 Å². The molecular weight excluding hydrogens is 210 g/mol. The van der Waals surface area contributed by atoms with Crippen molar-refractivity contribution in [2.75, 3.05) is 0 Å². The lowest BCUT2D eigenvalue weighted by Gasteiger charge is -2.03. The number of rotatable bonds is 0. The standard InChI is InChI=1S/C14H9N3/c1-2-10-7-15-8-17-14(10)13-9(1)3-4-12-11(13)5-6-16-12/h1-8,16H. The van der Waals surface area contributed by atoms with E-state index in [1.54, 1.807) is 6.33 Å². The Morgan fingerprint density at radius 1 is 0.941 bits per heavy atom. The third-order valence-corrected chi connectivity index (χ3v) is 3.19. The Bertz CT molecular complexity index is 846. The predicted molar refractivity (Wildman–Crippen MR) is 68.9 cm³/mol. The Morgan fingerprint density at radius 3 is 2.82 bits per heavy atom. The third kappa shape index (κ3) is 1.11. The maximum absolute atomic E-state index is 4.41. The highest BCUT2D eigenvalue weighted by molar-refractivity contribution is 6.18. The average Bonchev–Trinajstić information content (AvgIpc) is 2.86. The topological polar surface area (TPSA) is 41.6 Å². The van der Waals surface area contributed by atoms with E-state index in [2.05, 4.69) is 45.3 Å². The zero-order valence-corrected chi connectivity index (χ0v) is 9.01. The number of H-pyrrole nitrogens is 1. The lowest BCUT2D eigenvalue weighted by molar-refractivity contribution is 1.23. The molecule has 2 aromatic heterocycles. The Kier molecular flexibility index (Phi) is 1.56. The van der Waals surface area contributed by atoms with Gasteiger partial charge in [0, 0.05) is 34.1 Å². The summed E-state index contributed by atoms with van der Waals surface area (Å²) < 4.78 is 0. The van der Waals surface area contributed by atoms with Crippen LogP contribution in [0.4, 0.5) is 0 Å². The molecule has 0 aliphatic rings. The molecule has 3 heteroatoms. The lowest BCUT2D eigenvalue weighted by Crippen LogP contribution is -1.84. The molecule has 4 aromatic rings. The summed E-state index contributed by atoms with van der Waals surface area (Å²) in [5, 5.41) is 4.70. The van der Waals surface area contributed by atoms with Gasteiger partial charge in [0.2, 0.25) is 0 Å². The molecule has 0 bridgehead atoms. The molecule has 3 nitrogen and oxygen atoms in total. The molecule has 0 unspecified atom stereocenters. The van der Waals surface area contributed by atoms with Gasteiger partial charge in [-0.15, -0.1) is 0 Å². The van der Waals surface area contributed by atoms with Gasteiger partial charge in [0.1, 0.15) is 6.33 Å². The fraction of sp³-hybridized carbons (Fsp3) is 0. The first-order chi connectivity index (χ1) is 8.43. The van der Waals surface area contributed by atoms with E-state index in [-0.39, 0.29) is 0 Å². The Morgan fingerprint density at radius 2 is 1.82 bits per heavy atom. The molecule has 0 aliphatic carbocycles. The monoisotopic (exact) mass is 219 g/mol. The molecule has 0 fully saturated rings. The number of nitrogens with zero attached hydrogens (tertiary/aromatic N) is 2. The minimum absolute atomic E-state index is 1.02. The van der Waals surface area contributed by atoms with Crippen LogP contribution in [0.15, 0.2) is 49.1 Å². The van der Waals surface area contributed by atoms with E-state index in [0.717, 1.165) is 16.4 Å². The molecule has 0 aliphatic heterocycles. The van der Waals surface area contributed by atoms with Gasteiger partial charge in [-0.25, -0.2) is 9.97 Å². The van der Waals surface area contributed by atoms with Crippen LogP contribution in [0.25, 0.3) is 32.6 Å². The maximum atomic E-state index is 4.41. The molecule has 0 atom stereocenters. The lowest BCUT2D eigenvalue weighted by atomic mass is 10.0. The van der Waals surface area contributed by atoms with E-state index in [1.165, 1.54) is 16.2 Å². The number of aromatic nitrogens is 3. The fourth-order valence-corrected chi connectivity index (χ4v) is 2.40. The summed E-state index contributed by atoms with van der Waals surface area (Å²) in [6, 6.07) is 10.5. The fourth-order valence-electron chi connectivity index (χ4n) is 2.40. The summed E-state index contributed by atoms with van der Waals surface area (Å²) in [7, 11) is 0. The first kappa shape index (κ1) is 8.70. The van der Waals surface area contributed by atoms with Crippen molar-refractivity contribution < 1.29 is 0 Å². The van der Waals surface area contributed by atoms with E-state index in [0.29, 0.717) is 0 Å². The largest absolute Gasteiger partial charge is 0.361 e. The van der Waals surface area contributed by atoms with Crippen molar-refractivity contribution in [1.82, 2.24) is 15.0 Å². The molecule has 0 spiro atoms. The number of hydrogen-bond acceptors (Lipinski definition) is 2. The Labute approximate surface area is 97.1 Å². The van der Waals surface area contributed by atoms with E-state index in [1.807, 2.05) is 12.4 Å². The first-order valence-electron chi connectivity index (χ1n) is 5.52. The summed E-state index contributed by atoms with van der Waals surface area (Å²) in [6.45, 7) is 0. The van der Waals surface area contributed by atoms with Crippen LogP contribution in [0.2, 0.25) is 0 Å². The van der Waals surface area contributed by atoms with Gasteiger partial charge < -0.3 is 4.98 Å². The van der Waals surface area contributed by atoms with Gasteiger partial charge in [0.05, 0.1) is 5.52 Å². The van der Waals surface area contributed by atoms with Gasteiger partial charge in [-0.3, -0.25) is 0 Å². The molecule has 0 radical (unpaired) electrons. The average molecular weight is 219 g/mol. The van der Waals surface area contributed by atoms with Crippen LogP contribution in [-0.2, 0) is 0 Å². The van der Waals surface area contributed by atoms with E-state index < -0.39 is 0 Å². The van der Waals surface area contributed by atoms with Crippen molar-refractivity contribution in [2.24, 2.45) is 0 Å². The summed E-state index contributed by atoms with van der Waals surface area (Å²) in [5.74, 6) is 0. The second-order valence-corrected chi connectivity index (χ2v) is 4.13. The third-order valence-electron chi connectivity index (χ3n) is 3.19. The van der Waals surface area contributed by atoms with Crippen molar-refractivity contribution in [2.45, 2.75) is 0 Å². The van der Waals surface area contributed by atoms with Gasteiger partial charge in [-0.2, -0.15) is 0 Å². The van der Waals surface area contributed by atoms with Crippen molar-refractivity contribution in [1.29, 1.82) is 0 Å². The number of nitrogens with one attached hydrogen (secondary N) is 1. The molecule has 0 saturated carbocycles. The molecule has 2 heterocycles. The number of hydrogen-bond donors (Lipinski definition) is 1. The molecule has 4 rings (SSSR count). The van der Waals surface area contributed by atoms with E-state index in [4.69, 9.17) is 0 Å². The van der Waals surface area contributed by atoms with Crippen molar-refractivity contribution >= 4 is 32.6 Å². The predicted octanol–water partition coefficient (Wildman–Crippen LogP) is 3.26. The molecule has 0 amide bonds. The molecule has 17 heavy (non-hydrogen) atoms. The van der Waals surface area contributed by atoms with Crippen molar-refractivity contribution in [3.8, 4) is 0 Å². The minimum atomic E-state index is 1.02. The van der Waals surface area contributed by atoms with Gasteiger partial charge in [0.15, 0.2) is 0 Å². The first-order valence-corrected chi connectivity index (χ1v) is 5.52. The van der Waals surface area contributed by atoms with E-state index >= 15 is 0 Å². The minimum Gasteiger partial charge on any atom is -0.361 e. The quantitative estimate of drug-likeness (QED) is 0.461. The van der Waals surface area contributed by atoms with Crippen LogP contribution in [0.5, 0.6) is 0 Å². The van der Waals surface area contributed by atoms with Crippen LogP contribution in [0.3, 0.4) is 0 Å². The molecule has 2 aromatic carbocycles. The van der Waals surface area contributed by atoms with Crippen LogP contribution in [0, 0.1) is 0 Å². The van der Waals surface area contributed by atoms with Crippen LogP contribution >= 0.6 is 0 Å². The number of benzene rings is 2. The molecule has 0 saturated heterocycles. The Hall–Kier alpha value is -2.42. The highest BCUT2D eigenvalue weighted by atomic mass is 14.8. The van der Waals surface area contributed by atoms with Gasteiger partial charge in [0.25, 0.3) is 0 Å². The van der Waals surface area contributed by atoms with Gasteiger partial charge in [-0.05, 0) is 17.5 Å². The highest BCUT2D eigenvalue weighted by Gasteiger charge is 2.06. The number of aromatic amines is 1. The van der Waals surface area contributed by atoms with Crippen LogP contribution in [-0.4, -0.2) is 15.0 Å². The zero-order chi connectivity index (χ0) is 11.2.